The maximum absolute atomic E-state index is 12.0. The van der Waals surface area contributed by atoms with E-state index in [4.69, 9.17) is 10.5 Å². The molecule has 1 unspecified atom stereocenters. The second-order valence-corrected chi connectivity index (χ2v) is 5.13. The van der Waals surface area contributed by atoms with Crippen LogP contribution in [0.3, 0.4) is 0 Å². The molecule has 1 aliphatic rings. The van der Waals surface area contributed by atoms with Gasteiger partial charge in [-0.05, 0) is 11.8 Å². The third-order valence-electron chi connectivity index (χ3n) is 3.05. The number of benzene rings is 1. The molecule has 0 bridgehead atoms. The average Bonchev–Trinajstić information content (AvgIpc) is 2.53. The van der Waals surface area contributed by atoms with Crippen molar-refractivity contribution in [2.24, 2.45) is 10.7 Å². The molecule has 3 N–H and O–H groups in total. The van der Waals surface area contributed by atoms with E-state index in [0.717, 1.165) is 0 Å². The van der Waals surface area contributed by atoms with Crippen molar-refractivity contribution in [2.75, 3.05) is 13.4 Å². The number of thioether (sulfide) groups is 1. The van der Waals surface area contributed by atoms with Crippen molar-refractivity contribution >= 4 is 28.6 Å². The van der Waals surface area contributed by atoms with Crippen molar-refractivity contribution in [1.29, 1.82) is 0 Å². The van der Waals surface area contributed by atoms with Crippen molar-refractivity contribution in [3.05, 3.63) is 51.3 Å². The maximum atomic E-state index is 12.0. The first-order valence-corrected chi connectivity index (χ1v) is 7.41. The van der Waals surface area contributed by atoms with E-state index in [1.807, 2.05) is 0 Å². The molecule has 22 heavy (non-hydrogen) atoms. The van der Waals surface area contributed by atoms with Crippen LogP contribution < -0.4 is 11.1 Å². The molecule has 9 heteroatoms. The normalized spacial score (nSPS) is 17.5. The number of nitro benzene ring substituents is 1. The van der Waals surface area contributed by atoms with E-state index in [2.05, 4.69) is 10.3 Å². The average molecular weight is 322 g/mol. The third kappa shape index (κ3) is 3.03. The molecular weight excluding hydrogens is 308 g/mol. The molecular formula is C13H14N4O4S. The molecule has 0 saturated heterocycles. The molecule has 116 valence electrons. The van der Waals surface area contributed by atoms with Gasteiger partial charge >= 0.3 is 5.97 Å². The Morgan fingerprint density at radius 3 is 2.86 bits per heavy atom. The highest BCUT2D eigenvalue weighted by Gasteiger charge is 2.31. The van der Waals surface area contributed by atoms with E-state index in [9.17, 15) is 14.9 Å². The van der Waals surface area contributed by atoms with Crippen LogP contribution in [-0.2, 0) is 9.53 Å². The number of aliphatic imine (C=N–C) groups is 1. The van der Waals surface area contributed by atoms with Crippen LogP contribution >= 0.6 is 11.8 Å². The molecule has 0 radical (unpaired) electrons. The van der Waals surface area contributed by atoms with Gasteiger partial charge in [-0.15, -0.1) is 0 Å². The number of nitrogens with zero attached hydrogens (tertiary/aromatic N) is 2. The Morgan fingerprint density at radius 1 is 1.55 bits per heavy atom. The number of methoxy groups -OCH3 is 1. The molecule has 1 aromatic rings. The number of nitrogens with two attached hydrogens (primary N) is 1. The number of ether oxygens (including phenoxy) is 1. The first-order valence-electron chi connectivity index (χ1n) is 6.19. The molecule has 0 aromatic heterocycles. The lowest BCUT2D eigenvalue weighted by Gasteiger charge is -2.24. The molecule has 1 aliphatic heterocycles. The van der Waals surface area contributed by atoms with Crippen LogP contribution in [0, 0.1) is 10.1 Å². The second kappa shape index (κ2) is 6.48. The molecule has 0 fully saturated rings. The van der Waals surface area contributed by atoms with Crippen LogP contribution in [-0.4, -0.2) is 29.4 Å². The van der Waals surface area contributed by atoms with Gasteiger partial charge in [0.05, 0.1) is 12.0 Å². The van der Waals surface area contributed by atoms with Crippen molar-refractivity contribution < 1.29 is 14.5 Å². The Bertz CT molecular complexity index is 686. The Balaban J connectivity index is 2.54. The SMILES string of the molecule is COC(=O)C1=C(N)NC(SC)=NC1c1cccc([N+](=O)[O-])c1. The monoisotopic (exact) mass is 322 g/mol. The minimum atomic E-state index is -0.754. The van der Waals surface area contributed by atoms with Gasteiger partial charge < -0.3 is 15.8 Å². The second-order valence-electron chi connectivity index (χ2n) is 4.34. The molecule has 1 heterocycles. The van der Waals surface area contributed by atoms with Crippen LogP contribution in [0.4, 0.5) is 5.69 Å². The van der Waals surface area contributed by atoms with Crippen LogP contribution in [0.25, 0.3) is 0 Å². The lowest BCUT2D eigenvalue weighted by molar-refractivity contribution is -0.384. The van der Waals surface area contributed by atoms with E-state index in [0.29, 0.717) is 10.7 Å². The number of non-ortho nitro benzene ring substituents is 1. The van der Waals surface area contributed by atoms with Gasteiger partial charge in [0.15, 0.2) is 5.17 Å². The summed E-state index contributed by atoms with van der Waals surface area (Å²) >= 11 is 1.32. The summed E-state index contributed by atoms with van der Waals surface area (Å²) in [4.78, 5) is 26.8. The number of hydrogen-bond acceptors (Lipinski definition) is 8. The van der Waals surface area contributed by atoms with E-state index < -0.39 is 16.9 Å². The molecule has 1 aromatic carbocycles. The Morgan fingerprint density at radius 2 is 2.27 bits per heavy atom. The molecule has 1 atom stereocenters. The lowest BCUT2D eigenvalue weighted by atomic mass is 9.98. The topological polar surface area (TPSA) is 120 Å². The summed E-state index contributed by atoms with van der Waals surface area (Å²) in [6, 6.07) is 5.17. The summed E-state index contributed by atoms with van der Waals surface area (Å²) in [6.07, 6.45) is 1.80. The van der Waals surface area contributed by atoms with Crippen LogP contribution in [0.1, 0.15) is 11.6 Å². The summed E-state index contributed by atoms with van der Waals surface area (Å²) in [5.41, 5.74) is 6.42. The van der Waals surface area contributed by atoms with Crippen LogP contribution in [0.2, 0.25) is 0 Å². The highest BCUT2D eigenvalue weighted by Crippen LogP contribution is 2.32. The highest BCUT2D eigenvalue weighted by molar-refractivity contribution is 8.13. The third-order valence-corrected chi connectivity index (χ3v) is 3.64. The number of nitrogens with one attached hydrogen (secondary N) is 1. The summed E-state index contributed by atoms with van der Waals surface area (Å²) in [7, 11) is 1.24. The van der Waals surface area contributed by atoms with Crippen molar-refractivity contribution in [3.8, 4) is 0 Å². The minimum absolute atomic E-state index is 0.0836. The van der Waals surface area contributed by atoms with Gasteiger partial charge in [0, 0.05) is 12.1 Å². The zero-order chi connectivity index (χ0) is 16.3. The standard InChI is InChI=1S/C13H14N4O4S/c1-21-12(18)9-10(15-13(22-2)16-11(9)14)7-4-3-5-8(6-7)17(19)20/h3-6,10H,14H2,1-2H3,(H,15,16). The molecule has 0 aliphatic carbocycles. The summed E-state index contributed by atoms with van der Waals surface area (Å²) in [5, 5.41) is 14.2. The van der Waals surface area contributed by atoms with Crippen LogP contribution in [0.15, 0.2) is 40.7 Å². The Labute approximate surface area is 130 Å². The fourth-order valence-electron chi connectivity index (χ4n) is 2.03. The van der Waals surface area contributed by atoms with Gasteiger partial charge in [0.2, 0.25) is 0 Å². The Kier molecular flexibility index (Phi) is 4.66. The fourth-order valence-corrected chi connectivity index (χ4v) is 2.45. The van der Waals surface area contributed by atoms with Crippen molar-refractivity contribution in [1.82, 2.24) is 5.32 Å². The predicted octanol–water partition coefficient (Wildman–Crippen LogP) is 1.30. The minimum Gasteiger partial charge on any atom is -0.465 e. The quantitative estimate of drug-likeness (QED) is 0.489. The zero-order valence-electron chi connectivity index (χ0n) is 11.9. The first kappa shape index (κ1) is 15.8. The number of nitro groups is 1. The zero-order valence-corrected chi connectivity index (χ0v) is 12.7. The number of carbonyl (C=O) groups excluding carboxylic acids is 1. The number of rotatable bonds is 3. The number of hydrogen-bond donors (Lipinski definition) is 2. The van der Waals surface area contributed by atoms with Crippen molar-refractivity contribution in [3.63, 3.8) is 0 Å². The largest absolute Gasteiger partial charge is 0.465 e. The summed E-state index contributed by atoms with van der Waals surface area (Å²) in [6.45, 7) is 0. The number of amidine groups is 1. The number of esters is 1. The van der Waals surface area contributed by atoms with E-state index in [1.165, 1.54) is 37.1 Å². The highest BCUT2D eigenvalue weighted by atomic mass is 32.2. The predicted molar refractivity (Wildman–Crippen MR) is 83.2 cm³/mol. The fraction of sp³-hybridized carbons (Fsp3) is 0.231. The first-order chi connectivity index (χ1) is 10.5. The molecule has 2 rings (SSSR count). The molecule has 0 amide bonds. The molecule has 0 saturated carbocycles. The van der Waals surface area contributed by atoms with Crippen molar-refractivity contribution in [2.45, 2.75) is 6.04 Å². The van der Waals surface area contributed by atoms with Gasteiger partial charge in [-0.3, -0.25) is 10.1 Å². The van der Waals surface area contributed by atoms with E-state index in [1.54, 1.807) is 12.3 Å². The van der Waals surface area contributed by atoms with Gasteiger partial charge in [-0.1, -0.05) is 23.9 Å². The smallest absolute Gasteiger partial charge is 0.339 e. The molecule has 8 nitrogen and oxygen atoms in total. The number of carbonyl (C=O) groups is 1. The van der Waals surface area contributed by atoms with Gasteiger partial charge in [-0.25, -0.2) is 9.79 Å². The van der Waals surface area contributed by atoms with Gasteiger partial charge in [-0.2, -0.15) is 0 Å². The lowest BCUT2D eigenvalue weighted by Crippen LogP contribution is -2.35. The van der Waals surface area contributed by atoms with Crippen LogP contribution in [0.5, 0.6) is 0 Å². The maximum Gasteiger partial charge on any atom is 0.339 e. The summed E-state index contributed by atoms with van der Waals surface area (Å²) < 4.78 is 4.73. The Hall–Kier alpha value is -2.55. The summed E-state index contributed by atoms with van der Waals surface area (Å²) in [5.74, 6) is -0.506. The van der Waals surface area contributed by atoms with E-state index in [-0.39, 0.29) is 17.1 Å². The van der Waals surface area contributed by atoms with E-state index >= 15 is 0 Å². The van der Waals surface area contributed by atoms with Gasteiger partial charge in [0.1, 0.15) is 17.4 Å². The molecule has 0 spiro atoms. The van der Waals surface area contributed by atoms with Gasteiger partial charge in [0.25, 0.3) is 5.69 Å².